The van der Waals surface area contributed by atoms with Gasteiger partial charge in [0.2, 0.25) is 17.4 Å². The second-order valence-corrected chi connectivity index (χ2v) is 7.20. The fraction of sp³-hybridized carbons (Fsp3) is 0.500. The second kappa shape index (κ2) is 6.42. The van der Waals surface area contributed by atoms with Crippen molar-refractivity contribution in [3.8, 4) is 0 Å². The van der Waals surface area contributed by atoms with Crippen molar-refractivity contribution in [3.63, 3.8) is 0 Å². The molecular weight excluding hydrogens is 344 g/mol. The van der Waals surface area contributed by atoms with Crippen LogP contribution in [0, 0.1) is 11.8 Å². The van der Waals surface area contributed by atoms with E-state index in [1.807, 2.05) is 24.4 Å². The average Bonchev–Trinajstić information content (AvgIpc) is 3.06. The number of carbonyl (C=O) groups excluding carboxylic acids is 3. The monoisotopic (exact) mass is 365 g/mol. The summed E-state index contributed by atoms with van der Waals surface area (Å²) in [7, 11) is 2.80. The van der Waals surface area contributed by atoms with Crippen molar-refractivity contribution >= 4 is 29.4 Å². The quantitative estimate of drug-likeness (QED) is 0.635. The Morgan fingerprint density at radius 2 is 1.92 bits per heavy atom. The maximum atomic E-state index is 12.8. The molecule has 2 saturated heterocycles. The predicted molar refractivity (Wildman–Crippen MR) is 90.5 cm³/mol. The van der Waals surface area contributed by atoms with Crippen LogP contribution in [0.3, 0.4) is 0 Å². The number of quaternary nitrogens is 1. The van der Waals surface area contributed by atoms with Crippen LogP contribution in [0.2, 0.25) is 5.02 Å². The molecule has 0 radical (unpaired) electrons. The van der Waals surface area contributed by atoms with E-state index in [1.54, 1.807) is 12.1 Å². The van der Waals surface area contributed by atoms with Crippen LogP contribution in [0.1, 0.15) is 31.4 Å². The van der Waals surface area contributed by atoms with Crippen LogP contribution in [0.15, 0.2) is 24.3 Å². The minimum absolute atomic E-state index is 0.243. The average molecular weight is 366 g/mol. The number of hydrogen-bond donors (Lipinski definition) is 1. The van der Waals surface area contributed by atoms with Crippen molar-refractivity contribution in [1.29, 1.82) is 0 Å². The van der Waals surface area contributed by atoms with Gasteiger partial charge in [-0.3, -0.25) is 14.5 Å². The lowest BCUT2D eigenvalue weighted by Gasteiger charge is -2.28. The number of fused-ring (bicyclic) bond motifs is 1. The molecule has 0 spiro atoms. The summed E-state index contributed by atoms with van der Waals surface area (Å²) in [6.45, 7) is 1.95. The standard InChI is InChI=1S/C18H21ClN2O4/c1-4-9-18(17(24)25-3)13-12(15(22)21(2)16(13)23)14(20-18)10-5-7-11(19)8-6-10/h5-8,12-14,20H,4,9H2,1-3H3/p+1/t12-,13-,14-,18+/m0/s1. The first-order chi connectivity index (χ1) is 11.9. The number of carbonyl (C=O) groups is 3. The zero-order valence-electron chi connectivity index (χ0n) is 14.5. The minimum atomic E-state index is -1.07. The van der Waals surface area contributed by atoms with Crippen LogP contribution < -0.4 is 5.32 Å². The molecule has 0 aliphatic carbocycles. The number of benzene rings is 1. The number of halogens is 1. The molecule has 2 aliphatic heterocycles. The molecule has 134 valence electrons. The number of esters is 1. The van der Waals surface area contributed by atoms with E-state index in [9.17, 15) is 14.4 Å². The van der Waals surface area contributed by atoms with E-state index >= 15 is 0 Å². The molecule has 3 rings (SSSR count). The molecule has 0 bridgehead atoms. The van der Waals surface area contributed by atoms with E-state index in [0.29, 0.717) is 17.9 Å². The van der Waals surface area contributed by atoms with Crippen LogP contribution >= 0.6 is 11.6 Å². The first kappa shape index (κ1) is 17.9. The van der Waals surface area contributed by atoms with E-state index in [1.165, 1.54) is 14.2 Å². The summed E-state index contributed by atoms with van der Waals surface area (Å²) >= 11 is 5.97. The van der Waals surface area contributed by atoms with E-state index in [2.05, 4.69) is 0 Å². The first-order valence-electron chi connectivity index (χ1n) is 8.38. The molecular formula is C18H22ClN2O4+. The van der Waals surface area contributed by atoms with Gasteiger partial charge in [0, 0.05) is 24.1 Å². The number of ether oxygens (including phenoxy) is 1. The molecule has 2 N–H and O–H groups in total. The van der Waals surface area contributed by atoms with Crippen molar-refractivity contribution in [2.75, 3.05) is 14.2 Å². The van der Waals surface area contributed by atoms with Gasteiger partial charge in [-0.25, -0.2) is 4.79 Å². The number of likely N-dealkylation sites (tertiary alicyclic amines) is 1. The lowest BCUT2D eigenvalue weighted by molar-refractivity contribution is -0.735. The lowest BCUT2D eigenvalue weighted by atomic mass is 9.77. The summed E-state index contributed by atoms with van der Waals surface area (Å²) in [6, 6.07) is 6.87. The highest BCUT2D eigenvalue weighted by Crippen LogP contribution is 2.45. The fourth-order valence-electron chi connectivity index (χ4n) is 4.39. The second-order valence-electron chi connectivity index (χ2n) is 6.76. The Labute approximate surface area is 151 Å². The number of nitrogens with zero attached hydrogens (tertiary/aromatic N) is 1. The normalized spacial score (nSPS) is 31.4. The third kappa shape index (κ3) is 2.55. The Hall–Kier alpha value is -1.92. The molecule has 25 heavy (non-hydrogen) atoms. The van der Waals surface area contributed by atoms with Gasteiger partial charge < -0.3 is 10.1 Å². The molecule has 2 heterocycles. The number of rotatable bonds is 4. The molecule has 2 fully saturated rings. The number of nitrogens with two attached hydrogens (primary N) is 1. The molecule has 7 heteroatoms. The van der Waals surface area contributed by atoms with Crippen LogP contribution in [-0.2, 0) is 19.1 Å². The summed E-state index contributed by atoms with van der Waals surface area (Å²) < 4.78 is 5.05. The highest BCUT2D eigenvalue weighted by atomic mass is 35.5. The SMILES string of the molecule is CCC[C@@]1(C(=O)OC)[NH2+][C@@H](c2ccc(Cl)cc2)[C@H]2C(=O)N(C)C(=O)[C@H]21. The van der Waals surface area contributed by atoms with Crippen molar-refractivity contribution in [1.82, 2.24) is 4.90 Å². The van der Waals surface area contributed by atoms with Gasteiger partial charge in [0.25, 0.3) is 0 Å². The molecule has 1 aromatic rings. The van der Waals surface area contributed by atoms with Gasteiger partial charge in [-0.2, -0.15) is 0 Å². The molecule has 0 saturated carbocycles. The maximum absolute atomic E-state index is 12.8. The molecule has 1 aromatic carbocycles. The third-order valence-corrected chi connectivity index (χ3v) is 5.73. The fourth-order valence-corrected chi connectivity index (χ4v) is 4.52. The van der Waals surface area contributed by atoms with Gasteiger partial charge in [-0.05, 0) is 18.6 Å². The molecule has 4 atom stereocenters. The van der Waals surface area contributed by atoms with Gasteiger partial charge in [-0.1, -0.05) is 30.7 Å². The van der Waals surface area contributed by atoms with Crippen molar-refractivity contribution in [2.24, 2.45) is 11.8 Å². The van der Waals surface area contributed by atoms with E-state index in [0.717, 1.165) is 10.5 Å². The lowest BCUT2D eigenvalue weighted by Crippen LogP contribution is -2.98. The zero-order chi connectivity index (χ0) is 18.4. The Kier molecular flexibility index (Phi) is 4.60. The van der Waals surface area contributed by atoms with Crippen LogP contribution in [0.5, 0.6) is 0 Å². The molecule has 0 unspecified atom stereocenters. The topological polar surface area (TPSA) is 80.3 Å². The van der Waals surface area contributed by atoms with Crippen molar-refractivity contribution in [2.45, 2.75) is 31.3 Å². The Morgan fingerprint density at radius 3 is 2.48 bits per heavy atom. The highest BCUT2D eigenvalue weighted by molar-refractivity contribution is 6.30. The van der Waals surface area contributed by atoms with Crippen LogP contribution in [0.4, 0.5) is 0 Å². The van der Waals surface area contributed by atoms with E-state index < -0.39 is 23.3 Å². The van der Waals surface area contributed by atoms with Gasteiger partial charge in [0.05, 0.1) is 7.11 Å². The number of imide groups is 1. The minimum Gasteiger partial charge on any atom is -0.464 e. The van der Waals surface area contributed by atoms with Gasteiger partial charge in [0.15, 0.2) is 0 Å². The third-order valence-electron chi connectivity index (χ3n) is 5.47. The molecule has 2 aliphatic rings. The Bertz CT molecular complexity index is 720. The number of hydrogen-bond acceptors (Lipinski definition) is 4. The highest BCUT2D eigenvalue weighted by Gasteiger charge is 2.71. The van der Waals surface area contributed by atoms with Crippen LogP contribution in [0.25, 0.3) is 0 Å². The van der Waals surface area contributed by atoms with Crippen LogP contribution in [-0.4, -0.2) is 42.4 Å². The molecule has 0 aromatic heterocycles. The van der Waals surface area contributed by atoms with Crippen molar-refractivity contribution in [3.05, 3.63) is 34.9 Å². The number of amides is 2. The maximum Gasteiger partial charge on any atom is 0.368 e. The summed E-state index contributed by atoms with van der Waals surface area (Å²) in [5.74, 6) is -2.28. The predicted octanol–water partition coefficient (Wildman–Crippen LogP) is 0.901. The van der Waals surface area contributed by atoms with Gasteiger partial charge in [0.1, 0.15) is 17.9 Å². The molecule has 2 amide bonds. The smallest absolute Gasteiger partial charge is 0.368 e. The Morgan fingerprint density at radius 1 is 1.28 bits per heavy atom. The first-order valence-corrected chi connectivity index (χ1v) is 8.76. The van der Waals surface area contributed by atoms with E-state index in [4.69, 9.17) is 16.3 Å². The summed E-state index contributed by atoms with van der Waals surface area (Å²) in [5, 5.41) is 2.46. The Balaban J connectivity index is 2.13. The summed E-state index contributed by atoms with van der Waals surface area (Å²) in [4.78, 5) is 39.4. The summed E-state index contributed by atoms with van der Waals surface area (Å²) in [6.07, 6.45) is 1.17. The van der Waals surface area contributed by atoms with Gasteiger partial charge >= 0.3 is 5.97 Å². The van der Waals surface area contributed by atoms with E-state index in [-0.39, 0.29) is 17.9 Å². The zero-order valence-corrected chi connectivity index (χ0v) is 15.2. The molecule has 6 nitrogen and oxygen atoms in total. The van der Waals surface area contributed by atoms with Gasteiger partial charge in [-0.15, -0.1) is 0 Å². The largest absolute Gasteiger partial charge is 0.464 e. The number of methoxy groups -OCH3 is 1. The van der Waals surface area contributed by atoms with Crippen molar-refractivity contribution < 1.29 is 24.4 Å². The summed E-state index contributed by atoms with van der Waals surface area (Å²) in [5.41, 5.74) is -0.201.